The van der Waals surface area contributed by atoms with Crippen LogP contribution < -0.4 is 15.4 Å². The van der Waals surface area contributed by atoms with Crippen molar-refractivity contribution in [2.24, 2.45) is 0 Å². The Bertz CT molecular complexity index is 939. The topological polar surface area (TPSA) is 36.5 Å². The van der Waals surface area contributed by atoms with Crippen LogP contribution in [0.1, 0.15) is 36.5 Å². The van der Waals surface area contributed by atoms with Crippen LogP contribution in [0.2, 0.25) is 0 Å². The van der Waals surface area contributed by atoms with Crippen molar-refractivity contribution >= 4 is 5.69 Å². The fraction of sp³-hybridized carbons (Fsp3) is 0.379. The summed E-state index contributed by atoms with van der Waals surface area (Å²) in [5, 5.41) is 7.05. The molecule has 0 amide bonds. The molecular formula is C29H37N3O. The SMILES string of the molecule is CNCCC(Oc1ccccc1NC1CCN(CCc2ccccc2)CC1)c1ccccc1. The number of anilines is 1. The minimum absolute atomic E-state index is 0.0291. The van der Waals surface area contributed by atoms with E-state index in [0.717, 1.165) is 63.3 Å². The molecule has 4 nitrogen and oxygen atoms in total. The number of piperidine rings is 1. The molecule has 1 saturated heterocycles. The smallest absolute Gasteiger partial charge is 0.143 e. The lowest BCUT2D eigenvalue weighted by atomic mass is 10.0. The Kier molecular flexibility index (Phi) is 8.79. The first-order valence-corrected chi connectivity index (χ1v) is 12.3. The first kappa shape index (κ1) is 23.3. The van der Waals surface area contributed by atoms with Gasteiger partial charge in [0.25, 0.3) is 0 Å². The van der Waals surface area contributed by atoms with E-state index >= 15 is 0 Å². The molecule has 0 aromatic heterocycles. The summed E-state index contributed by atoms with van der Waals surface area (Å²) in [6.45, 7) is 4.34. The van der Waals surface area contributed by atoms with Gasteiger partial charge in [0.15, 0.2) is 0 Å². The zero-order chi connectivity index (χ0) is 22.7. The van der Waals surface area contributed by atoms with E-state index in [4.69, 9.17) is 4.74 Å². The average Bonchev–Trinajstić information content (AvgIpc) is 2.88. The van der Waals surface area contributed by atoms with Gasteiger partial charge in [0, 0.05) is 32.1 Å². The monoisotopic (exact) mass is 443 g/mol. The Hall–Kier alpha value is -2.82. The number of hydrogen-bond acceptors (Lipinski definition) is 4. The third-order valence-electron chi connectivity index (χ3n) is 6.49. The number of likely N-dealkylation sites (tertiary alicyclic amines) is 1. The summed E-state index contributed by atoms with van der Waals surface area (Å²) < 4.78 is 6.57. The number of para-hydroxylation sites is 2. The minimum Gasteiger partial charge on any atom is -0.484 e. The quantitative estimate of drug-likeness (QED) is 0.408. The standard InChI is InChI=1S/C29H37N3O/c1-30-20-16-28(25-12-6-3-7-13-25)33-29-15-9-8-14-27(29)31-26-18-22-32(23-19-26)21-17-24-10-4-2-5-11-24/h2-15,26,28,30-31H,16-23H2,1H3. The highest BCUT2D eigenvalue weighted by Gasteiger charge is 2.21. The molecule has 3 aromatic rings. The van der Waals surface area contributed by atoms with E-state index in [1.165, 1.54) is 11.1 Å². The maximum absolute atomic E-state index is 6.57. The summed E-state index contributed by atoms with van der Waals surface area (Å²) in [4.78, 5) is 2.59. The van der Waals surface area contributed by atoms with E-state index in [2.05, 4.69) is 100 Å². The minimum atomic E-state index is 0.0291. The Morgan fingerprint density at radius 2 is 1.55 bits per heavy atom. The van der Waals surface area contributed by atoms with Crippen LogP contribution in [-0.4, -0.2) is 44.2 Å². The van der Waals surface area contributed by atoms with Crippen molar-refractivity contribution < 1.29 is 4.74 Å². The Morgan fingerprint density at radius 3 is 2.27 bits per heavy atom. The zero-order valence-electron chi connectivity index (χ0n) is 19.7. The van der Waals surface area contributed by atoms with Gasteiger partial charge in [0.2, 0.25) is 0 Å². The molecule has 174 valence electrons. The van der Waals surface area contributed by atoms with Crippen LogP contribution in [0, 0.1) is 0 Å². The first-order valence-electron chi connectivity index (χ1n) is 12.3. The number of ether oxygens (including phenoxy) is 1. The van der Waals surface area contributed by atoms with Crippen molar-refractivity contribution in [2.75, 3.05) is 38.5 Å². The van der Waals surface area contributed by atoms with Gasteiger partial charge in [-0.3, -0.25) is 0 Å². The van der Waals surface area contributed by atoms with E-state index in [0.29, 0.717) is 6.04 Å². The van der Waals surface area contributed by atoms with Gasteiger partial charge in [-0.05, 0) is 56.1 Å². The van der Waals surface area contributed by atoms with Crippen molar-refractivity contribution in [3.63, 3.8) is 0 Å². The number of nitrogens with zero attached hydrogens (tertiary/aromatic N) is 1. The van der Waals surface area contributed by atoms with E-state index < -0.39 is 0 Å². The molecule has 33 heavy (non-hydrogen) atoms. The van der Waals surface area contributed by atoms with Crippen molar-refractivity contribution in [3.05, 3.63) is 96.1 Å². The molecular weight excluding hydrogens is 406 g/mol. The van der Waals surface area contributed by atoms with Crippen LogP contribution in [0.15, 0.2) is 84.9 Å². The predicted molar refractivity (Wildman–Crippen MR) is 138 cm³/mol. The highest BCUT2D eigenvalue weighted by molar-refractivity contribution is 5.57. The normalized spacial score (nSPS) is 15.8. The second kappa shape index (κ2) is 12.4. The fourth-order valence-electron chi connectivity index (χ4n) is 4.53. The second-order valence-corrected chi connectivity index (χ2v) is 8.90. The number of hydrogen-bond donors (Lipinski definition) is 2. The average molecular weight is 444 g/mol. The van der Waals surface area contributed by atoms with Gasteiger partial charge >= 0.3 is 0 Å². The largest absolute Gasteiger partial charge is 0.484 e. The van der Waals surface area contributed by atoms with Crippen molar-refractivity contribution in [3.8, 4) is 5.75 Å². The van der Waals surface area contributed by atoms with Crippen molar-refractivity contribution in [1.82, 2.24) is 10.2 Å². The molecule has 1 atom stereocenters. The van der Waals surface area contributed by atoms with Gasteiger partial charge in [-0.15, -0.1) is 0 Å². The molecule has 4 heteroatoms. The lowest BCUT2D eigenvalue weighted by Crippen LogP contribution is -2.40. The lowest BCUT2D eigenvalue weighted by Gasteiger charge is -2.33. The summed E-state index contributed by atoms with van der Waals surface area (Å²) in [7, 11) is 1.99. The molecule has 0 bridgehead atoms. The maximum Gasteiger partial charge on any atom is 0.143 e. The third kappa shape index (κ3) is 7.08. The summed E-state index contributed by atoms with van der Waals surface area (Å²) in [6.07, 6.45) is 4.40. The van der Waals surface area contributed by atoms with Crippen molar-refractivity contribution in [2.45, 2.75) is 37.8 Å². The molecule has 0 saturated carbocycles. The van der Waals surface area contributed by atoms with Crippen LogP contribution >= 0.6 is 0 Å². The molecule has 0 aliphatic carbocycles. The van der Waals surface area contributed by atoms with Gasteiger partial charge in [-0.1, -0.05) is 72.8 Å². The van der Waals surface area contributed by atoms with E-state index in [9.17, 15) is 0 Å². The maximum atomic E-state index is 6.57. The molecule has 2 N–H and O–H groups in total. The van der Waals surface area contributed by atoms with E-state index in [1.807, 2.05) is 7.05 Å². The summed E-state index contributed by atoms with van der Waals surface area (Å²) in [6, 6.07) is 30.2. The molecule has 1 aliphatic heterocycles. The summed E-state index contributed by atoms with van der Waals surface area (Å²) >= 11 is 0. The van der Waals surface area contributed by atoms with Gasteiger partial charge in [0.1, 0.15) is 11.9 Å². The third-order valence-corrected chi connectivity index (χ3v) is 6.49. The van der Waals surface area contributed by atoms with Crippen molar-refractivity contribution in [1.29, 1.82) is 0 Å². The Morgan fingerprint density at radius 1 is 0.879 bits per heavy atom. The van der Waals surface area contributed by atoms with Crippen LogP contribution in [0.25, 0.3) is 0 Å². The predicted octanol–water partition coefficient (Wildman–Crippen LogP) is 5.54. The molecule has 0 spiro atoms. The van der Waals surface area contributed by atoms with Crippen LogP contribution in [0.5, 0.6) is 5.75 Å². The van der Waals surface area contributed by atoms with E-state index in [-0.39, 0.29) is 6.10 Å². The van der Waals surface area contributed by atoms with Crippen LogP contribution in [-0.2, 0) is 6.42 Å². The highest BCUT2D eigenvalue weighted by atomic mass is 16.5. The molecule has 4 rings (SSSR count). The van der Waals surface area contributed by atoms with E-state index in [1.54, 1.807) is 0 Å². The van der Waals surface area contributed by atoms with Crippen LogP contribution in [0.3, 0.4) is 0 Å². The second-order valence-electron chi connectivity index (χ2n) is 8.90. The fourth-order valence-corrected chi connectivity index (χ4v) is 4.53. The molecule has 1 fully saturated rings. The van der Waals surface area contributed by atoms with Gasteiger partial charge in [0.05, 0.1) is 5.69 Å². The molecule has 1 heterocycles. The van der Waals surface area contributed by atoms with Gasteiger partial charge in [-0.25, -0.2) is 0 Å². The molecule has 1 aliphatic rings. The molecule has 3 aromatic carbocycles. The molecule has 1 unspecified atom stereocenters. The number of nitrogens with one attached hydrogen (secondary N) is 2. The summed E-state index contributed by atoms with van der Waals surface area (Å²) in [5.74, 6) is 0.939. The van der Waals surface area contributed by atoms with Gasteiger partial charge < -0.3 is 20.3 Å². The molecule has 0 radical (unpaired) electrons. The number of benzene rings is 3. The summed E-state index contributed by atoms with van der Waals surface area (Å²) in [5.41, 5.74) is 3.75. The Balaban J connectivity index is 1.33. The highest BCUT2D eigenvalue weighted by Crippen LogP contribution is 2.32. The van der Waals surface area contributed by atoms with Gasteiger partial charge in [-0.2, -0.15) is 0 Å². The Labute approximate surface area is 199 Å². The van der Waals surface area contributed by atoms with Crippen LogP contribution in [0.4, 0.5) is 5.69 Å². The first-order chi connectivity index (χ1) is 16.3. The number of rotatable bonds is 11. The zero-order valence-corrected chi connectivity index (χ0v) is 19.7. The lowest BCUT2D eigenvalue weighted by molar-refractivity contribution is 0.195.